The molecule has 2 N–H and O–H groups in total. The molecule has 0 bridgehead atoms. The maximum Gasteiger partial charge on any atom is 0.321 e. The molecule has 1 fully saturated rings. The first-order valence-corrected chi connectivity index (χ1v) is 6.47. The molecule has 20 heavy (non-hydrogen) atoms. The van der Waals surface area contributed by atoms with E-state index >= 15 is 0 Å². The summed E-state index contributed by atoms with van der Waals surface area (Å²) in [6.45, 7) is 1.99. The van der Waals surface area contributed by atoms with Gasteiger partial charge in [0.2, 0.25) is 0 Å². The highest BCUT2D eigenvalue weighted by Gasteiger charge is 2.20. The lowest BCUT2D eigenvalue weighted by Crippen LogP contribution is -2.27. The lowest BCUT2D eigenvalue weighted by atomic mass is 10.2. The van der Waals surface area contributed by atoms with E-state index in [9.17, 15) is 4.79 Å². The van der Waals surface area contributed by atoms with Crippen LogP contribution < -0.4 is 15.5 Å². The number of benzene rings is 1. The first-order valence-electron chi connectivity index (χ1n) is 6.47. The summed E-state index contributed by atoms with van der Waals surface area (Å²) in [7, 11) is 0. The van der Waals surface area contributed by atoms with Gasteiger partial charge in [-0.15, -0.1) is 0 Å². The van der Waals surface area contributed by atoms with Gasteiger partial charge in [-0.3, -0.25) is 14.9 Å². The van der Waals surface area contributed by atoms with E-state index in [-0.39, 0.29) is 6.03 Å². The fourth-order valence-electron chi connectivity index (χ4n) is 2.12. The highest BCUT2D eigenvalue weighted by atomic mass is 16.2. The van der Waals surface area contributed by atoms with E-state index in [1.54, 1.807) is 23.5 Å². The molecular weight excluding hydrogens is 254 g/mol. The van der Waals surface area contributed by atoms with Crippen LogP contribution in [-0.2, 0) is 6.54 Å². The fraction of sp³-hybridized carbons (Fsp3) is 0.214. The minimum atomic E-state index is -0.0453. The molecule has 0 radical (unpaired) electrons. The Morgan fingerprint density at radius 1 is 1.35 bits per heavy atom. The number of carbonyl (C=O) groups is 1. The molecule has 2 amide bonds. The Kier molecular flexibility index (Phi) is 3.45. The smallest absolute Gasteiger partial charge is 0.321 e. The van der Waals surface area contributed by atoms with Gasteiger partial charge in [0.1, 0.15) is 0 Å². The minimum Gasteiger partial charge on any atom is -0.379 e. The van der Waals surface area contributed by atoms with Crippen molar-refractivity contribution in [3.05, 3.63) is 48.5 Å². The van der Waals surface area contributed by atoms with E-state index < -0.39 is 0 Å². The lowest BCUT2D eigenvalue weighted by molar-refractivity contribution is 0.252. The maximum atomic E-state index is 11.6. The number of amides is 2. The summed E-state index contributed by atoms with van der Waals surface area (Å²) in [5.74, 6) is 0. The molecule has 1 saturated heterocycles. The Balaban J connectivity index is 1.70. The summed E-state index contributed by atoms with van der Waals surface area (Å²) in [5.41, 5.74) is 2.72. The molecule has 0 aliphatic carbocycles. The molecule has 1 aliphatic rings. The number of nitrogens with one attached hydrogen (secondary N) is 2. The molecule has 6 nitrogen and oxygen atoms in total. The van der Waals surface area contributed by atoms with Gasteiger partial charge in [0.05, 0.1) is 18.4 Å². The molecule has 1 aromatic carbocycles. The summed E-state index contributed by atoms with van der Waals surface area (Å²) in [5, 5.41) is 6.07. The van der Waals surface area contributed by atoms with E-state index in [2.05, 4.69) is 20.6 Å². The number of carbonyl (C=O) groups excluding carboxylic acids is 1. The third-order valence-electron chi connectivity index (χ3n) is 3.10. The van der Waals surface area contributed by atoms with Crippen LogP contribution in [0.3, 0.4) is 0 Å². The van der Waals surface area contributed by atoms with Crippen molar-refractivity contribution in [3.63, 3.8) is 0 Å². The molecule has 2 heterocycles. The van der Waals surface area contributed by atoms with Gasteiger partial charge in [-0.1, -0.05) is 6.07 Å². The van der Waals surface area contributed by atoms with E-state index in [4.69, 9.17) is 0 Å². The number of anilines is 2. The Hall–Kier alpha value is -2.63. The average Bonchev–Trinajstić information content (AvgIpc) is 2.93. The molecule has 102 valence electrons. The second-order valence-electron chi connectivity index (χ2n) is 4.48. The van der Waals surface area contributed by atoms with Crippen LogP contribution in [0.5, 0.6) is 0 Å². The Morgan fingerprint density at radius 3 is 3.05 bits per heavy atom. The predicted molar refractivity (Wildman–Crippen MR) is 76.5 cm³/mol. The summed E-state index contributed by atoms with van der Waals surface area (Å²) in [6.07, 6.45) is 5.04. The van der Waals surface area contributed by atoms with Crippen LogP contribution in [0.1, 0.15) is 5.69 Å². The largest absolute Gasteiger partial charge is 0.379 e. The lowest BCUT2D eigenvalue weighted by Gasteiger charge is -2.15. The number of urea groups is 1. The van der Waals surface area contributed by atoms with E-state index in [1.807, 2.05) is 24.3 Å². The minimum absolute atomic E-state index is 0.0453. The summed E-state index contributed by atoms with van der Waals surface area (Å²) in [4.78, 5) is 21.6. The Labute approximate surface area is 116 Å². The van der Waals surface area contributed by atoms with Crippen molar-refractivity contribution < 1.29 is 4.79 Å². The van der Waals surface area contributed by atoms with Crippen LogP contribution in [-0.4, -0.2) is 29.1 Å². The third-order valence-corrected chi connectivity index (χ3v) is 3.10. The van der Waals surface area contributed by atoms with Gasteiger partial charge in [-0.05, 0) is 18.2 Å². The monoisotopic (exact) mass is 269 g/mol. The van der Waals surface area contributed by atoms with E-state index in [0.717, 1.165) is 17.1 Å². The van der Waals surface area contributed by atoms with E-state index in [0.29, 0.717) is 19.6 Å². The number of nitrogens with zero attached hydrogens (tertiary/aromatic N) is 3. The van der Waals surface area contributed by atoms with Crippen LogP contribution >= 0.6 is 0 Å². The van der Waals surface area contributed by atoms with Gasteiger partial charge < -0.3 is 10.6 Å². The Bertz CT molecular complexity index is 602. The molecule has 0 saturated carbocycles. The van der Waals surface area contributed by atoms with Crippen molar-refractivity contribution >= 4 is 17.4 Å². The van der Waals surface area contributed by atoms with Gasteiger partial charge in [-0.2, -0.15) is 0 Å². The van der Waals surface area contributed by atoms with Crippen molar-refractivity contribution in [1.82, 2.24) is 15.3 Å². The zero-order valence-corrected chi connectivity index (χ0v) is 10.9. The summed E-state index contributed by atoms with van der Waals surface area (Å²) >= 11 is 0. The quantitative estimate of drug-likeness (QED) is 0.885. The summed E-state index contributed by atoms with van der Waals surface area (Å²) < 4.78 is 0. The van der Waals surface area contributed by atoms with E-state index in [1.165, 1.54) is 0 Å². The van der Waals surface area contributed by atoms with Crippen LogP contribution in [0, 0.1) is 0 Å². The van der Waals surface area contributed by atoms with Crippen molar-refractivity contribution in [2.45, 2.75) is 6.54 Å². The topological polar surface area (TPSA) is 70.2 Å². The Morgan fingerprint density at radius 2 is 2.30 bits per heavy atom. The fourth-order valence-corrected chi connectivity index (χ4v) is 2.12. The number of hydrogen-bond acceptors (Lipinski definition) is 4. The van der Waals surface area contributed by atoms with Gasteiger partial charge in [0, 0.05) is 36.9 Å². The molecule has 2 aromatic rings. The van der Waals surface area contributed by atoms with Gasteiger partial charge >= 0.3 is 6.03 Å². The second kappa shape index (κ2) is 5.56. The van der Waals surface area contributed by atoms with Crippen molar-refractivity contribution in [1.29, 1.82) is 0 Å². The first kappa shape index (κ1) is 12.4. The molecule has 3 rings (SSSR count). The zero-order chi connectivity index (χ0) is 13.8. The van der Waals surface area contributed by atoms with Crippen LogP contribution in [0.25, 0.3) is 0 Å². The van der Waals surface area contributed by atoms with Gasteiger partial charge in [0.15, 0.2) is 0 Å². The summed E-state index contributed by atoms with van der Waals surface area (Å²) in [6, 6.07) is 7.74. The van der Waals surface area contributed by atoms with Crippen LogP contribution in [0.15, 0.2) is 42.9 Å². The van der Waals surface area contributed by atoms with Crippen molar-refractivity contribution in [3.8, 4) is 0 Å². The highest BCUT2D eigenvalue weighted by Crippen LogP contribution is 2.21. The second-order valence-corrected chi connectivity index (χ2v) is 4.48. The third kappa shape index (κ3) is 2.69. The average molecular weight is 269 g/mol. The number of aromatic nitrogens is 2. The standard InChI is InChI=1S/C14H15N5O/c20-14-17-6-7-19(14)13-3-1-2-11(8-13)18-10-12-9-15-4-5-16-12/h1-5,8-9,18H,6-7,10H2,(H,17,20). The van der Waals surface area contributed by atoms with Gasteiger partial charge in [-0.25, -0.2) is 4.79 Å². The maximum absolute atomic E-state index is 11.6. The van der Waals surface area contributed by atoms with Crippen LogP contribution in [0.2, 0.25) is 0 Å². The molecule has 0 atom stereocenters. The van der Waals surface area contributed by atoms with Gasteiger partial charge in [0.25, 0.3) is 0 Å². The predicted octanol–water partition coefficient (Wildman–Crippen LogP) is 1.62. The van der Waals surface area contributed by atoms with Crippen molar-refractivity contribution in [2.24, 2.45) is 0 Å². The number of rotatable bonds is 4. The SMILES string of the molecule is O=C1NCCN1c1cccc(NCc2cnccn2)c1. The van der Waals surface area contributed by atoms with Crippen molar-refractivity contribution in [2.75, 3.05) is 23.3 Å². The molecule has 0 unspecified atom stereocenters. The molecular formula is C14H15N5O. The molecule has 1 aromatic heterocycles. The zero-order valence-electron chi connectivity index (χ0n) is 10.9. The molecule has 1 aliphatic heterocycles. The van der Waals surface area contributed by atoms with Crippen LogP contribution in [0.4, 0.5) is 16.2 Å². The first-order chi connectivity index (χ1) is 9.83. The highest BCUT2D eigenvalue weighted by molar-refractivity contribution is 5.94. The molecule has 0 spiro atoms. The normalized spacial score (nSPS) is 14.2. The number of hydrogen-bond donors (Lipinski definition) is 2. The molecule has 6 heteroatoms.